The van der Waals surface area contributed by atoms with E-state index >= 15 is 0 Å². The van der Waals surface area contributed by atoms with Gasteiger partial charge in [0.15, 0.2) is 12.4 Å². The Balaban J connectivity index is 3.65. The molecule has 1 aliphatic heterocycles. The Morgan fingerprint density at radius 2 is 1.29 bits per heavy atom. The second-order valence-corrected chi connectivity index (χ2v) is 3.45. The summed E-state index contributed by atoms with van der Waals surface area (Å²) in [6.45, 7) is 0. The van der Waals surface area contributed by atoms with Crippen LogP contribution < -0.4 is 0 Å². The zero-order valence-corrected chi connectivity index (χ0v) is 8.92. The third-order valence-electron chi connectivity index (χ3n) is 2.22. The molecule has 0 spiro atoms. The fourth-order valence-electron chi connectivity index (χ4n) is 1.31. The molecule has 1 unspecified atom stereocenters. The number of nitriles is 5. The van der Waals surface area contributed by atoms with Gasteiger partial charge in [-0.15, -0.1) is 0 Å². The van der Waals surface area contributed by atoms with Crippen molar-refractivity contribution in [1.29, 1.82) is 26.3 Å². The molecule has 0 saturated carbocycles. The fraction of sp³-hybridized carbons (Fsp3) is 0.222. The average molecular weight is 244 g/mol. The van der Waals surface area contributed by atoms with Crippen LogP contribution in [-0.4, -0.2) is 20.3 Å². The molecule has 17 heavy (non-hydrogen) atoms. The lowest BCUT2D eigenvalue weighted by atomic mass is 9.89. The Morgan fingerprint density at radius 3 is 1.65 bits per heavy atom. The van der Waals surface area contributed by atoms with Gasteiger partial charge in [0.05, 0.1) is 0 Å². The molecular formula is C9H2ClN7. The van der Waals surface area contributed by atoms with Crippen molar-refractivity contribution >= 4 is 11.6 Å². The Kier molecular flexibility index (Phi) is 2.80. The standard InChI is InChI=1S/C9H2ClN7/c10-9(5-13)8(3-11,4-12)16(6-14)1-2-17(9)7-15/h1-2H. The fourth-order valence-corrected chi connectivity index (χ4v) is 1.58. The first-order valence-corrected chi connectivity index (χ1v) is 4.43. The molecule has 1 rings (SSSR count). The average Bonchev–Trinajstić information content (AvgIpc) is 2.38. The summed E-state index contributed by atoms with van der Waals surface area (Å²) in [4.78, 5) is -0.998. The molecule has 0 bridgehead atoms. The van der Waals surface area contributed by atoms with E-state index in [1.165, 1.54) is 18.2 Å². The highest BCUT2D eigenvalue weighted by Crippen LogP contribution is 2.39. The Bertz CT molecular complexity index is 561. The summed E-state index contributed by atoms with van der Waals surface area (Å²) in [5.74, 6) is 0. The molecule has 7 nitrogen and oxygen atoms in total. The lowest BCUT2D eigenvalue weighted by Crippen LogP contribution is -2.64. The molecule has 1 atom stereocenters. The van der Waals surface area contributed by atoms with Crippen LogP contribution in [-0.2, 0) is 0 Å². The summed E-state index contributed by atoms with van der Waals surface area (Å²) in [6, 6.07) is 4.55. The normalized spacial score (nSPS) is 24.7. The van der Waals surface area contributed by atoms with Crippen molar-refractivity contribution < 1.29 is 0 Å². The SMILES string of the molecule is N#CN1C=CN(C#N)C(C#N)(C#N)C1(Cl)C#N. The van der Waals surface area contributed by atoms with E-state index in [0.717, 1.165) is 12.4 Å². The predicted molar refractivity (Wildman–Crippen MR) is 52.2 cm³/mol. The molecule has 80 valence electrons. The first kappa shape index (κ1) is 12.2. The van der Waals surface area contributed by atoms with Gasteiger partial charge in [-0.1, -0.05) is 11.6 Å². The van der Waals surface area contributed by atoms with E-state index in [1.807, 2.05) is 0 Å². The third kappa shape index (κ3) is 1.23. The van der Waals surface area contributed by atoms with Crippen molar-refractivity contribution in [2.45, 2.75) is 10.5 Å². The van der Waals surface area contributed by atoms with Crippen LogP contribution in [0.2, 0.25) is 0 Å². The lowest BCUT2D eigenvalue weighted by Gasteiger charge is -2.41. The summed E-state index contributed by atoms with van der Waals surface area (Å²) in [5.41, 5.74) is -2.29. The highest BCUT2D eigenvalue weighted by atomic mass is 35.5. The van der Waals surface area contributed by atoms with Crippen molar-refractivity contribution in [2.24, 2.45) is 0 Å². The summed E-state index contributed by atoms with van der Waals surface area (Å²) in [7, 11) is 0. The Hall–Kier alpha value is -2.92. The number of hydrogen-bond acceptors (Lipinski definition) is 7. The zero-order chi connectivity index (χ0) is 13.1. The van der Waals surface area contributed by atoms with Gasteiger partial charge in [-0.05, 0) is 0 Å². The molecule has 0 saturated heterocycles. The van der Waals surface area contributed by atoms with E-state index in [0.29, 0.717) is 9.80 Å². The van der Waals surface area contributed by atoms with E-state index in [1.54, 1.807) is 12.4 Å². The maximum atomic E-state index is 9.05. The van der Waals surface area contributed by atoms with Crippen LogP contribution in [0, 0.1) is 56.9 Å². The van der Waals surface area contributed by atoms with Crippen molar-refractivity contribution in [3.63, 3.8) is 0 Å². The summed E-state index contributed by atoms with van der Waals surface area (Å²) >= 11 is 5.88. The van der Waals surface area contributed by atoms with E-state index < -0.39 is 10.5 Å². The molecule has 0 fully saturated rings. The van der Waals surface area contributed by atoms with E-state index in [-0.39, 0.29) is 0 Å². The summed E-state index contributed by atoms with van der Waals surface area (Å²) in [5, 5.41) is 44.8. The number of halogens is 1. The smallest absolute Gasteiger partial charge is 0.248 e. The molecule has 0 aromatic carbocycles. The summed E-state index contributed by atoms with van der Waals surface area (Å²) < 4.78 is 0. The molecule has 0 aromatic heterocycles. The van der Waals surface area contributed by atoms with Crippen LogP contribution in [0.1, 0.15) is 0 Å². The minimum Gasteiger partial charge on any atom is -0.248 e. The van der Waals surface area contributed by atoms with Gasteiger partial charge in [-0.3, -0.25) is 0 Å². The maximum Gasteiger partial charge on any atom is 0.278 e. The molecule has 8 heteroatoms. The Labute approximate surface area is 102 Å². The third-order valence-corrected chi connectivity index (χ3v) is 2.76. The predicted octanol–water partition coefficient (Wildman–Crippen LogP) is 0.282. The second kappa shape index (κ2) is 3.92. The molecular weight excluding hydrogens is 242 g/mol. The van der Waals surface area contributed by atoms with E-state index in [4.69, 9.17) is 37.9 Å². The highest BCUT2D eigenvalue weighted by Gasteiger charge is 2.62. The van der Waals surface area contributed by atoms with Gasteiger partial charge in [0, 0.05) is 12.4 Å². The number of rotatable bonds is 0. The maximum absolute atomic E-state index is 9.05. The van der Waals surface area contributed by atoms with Crippen LogP contribution in [0.5, 0.6) is 0 Å². The first-order chi connectivity index (χ1) is 8.06. The lowest BCUT2D eigenvalue weighted by molar-refractivity contribution is 0.191. The Morgan fingerprint density at radius 1 is 0.824 bits per heavy atom. The van der Waals surface area contributed by atoms with Crippen LogP contribution in [0.4, 0.5) is 0 Å². The topological polar surface area (TPSA) is 125 Å². The number of alkyl halides is 1. The van der Waals surface area contributed by atoms with Crippen molar-refractivity contribution in [3.05, 3.63) is 12.4 Å². The molecule has 0 radical (unpaired) electrons. The van der Waals surface area contributed by atoms with Crippen LogP contribution in [0.25, 0.3) is 0 Å². The highest BCUT2D eigenvalue weighted by molar-refractivity contribution is 6.27. The van der Waals surface area contributed by atoms with Gasteiger partial charge in [0.1, 0.15) is 18.2 Å². The number of nitrogens with zero attached hydrogens (tertiary/aromatic N) is 7. The van der Waals surface area contributed by atoms with Gasteiger partial charge < -0.3 is 0 Å². The van der Waals surface area contributed by atoms with Gasteiger partial charge in [-0.2, -0.15) is 26.3 Å². The summed E-state index contributed by atoms with van der Waals surface area (Å²) in [6.07, 6.45) is 5.21. The molecule has 0 amide bonds. The molecule has 0 aromatic rings. The molecule has 0 aliphatic carbocycles. The number of hydrogen-bond donors (Lipinski definition) is 0. The van der Waals surface area contributed by atoms with Crippen molar-refractivity contribution in [1.82, 2.24) is 9.80 Å². The molecule has 1 aliphatic rings. The van der Waals surface area contributed by atoms with E-state index in [2.05, 4.69) is 0 Å². The van der Waals surface area contributed by atoms with Crippen molar-refractivity contribution in [3.8, 4) is 30.6 Å². The van der Waals surface area contributed by atoms with Gasteiger partial charge >= 0.3 is 0 Å². The molecule has 1 heterocycles. The monoisotopic (exact) mass is 243 g/mol. The quantitative estimate of drug-likeness (QED) is 0.340. The van der Waals surface area contributed by atoms with Gasteiger partial charge in [0.2, 0.25) is 0 Å². The van der Waals surface area contributed by atoms with E-state index in [9.17, 15) is 0 Å². The largest absolute Gasteiger partial charge is 0.278 e. The second-order valence-electron chi connectivity index (χ2n) is 2.91. The van der Waals surface area contributed by atoms with Crippen LogP contribution in [0.3, 0.4) is 0 Å². The van der Waals surface area contributed by atoms with Gasteiger partial charge in [-0.25, -0.2) is 9.80 Å². The minimum absolute atomic E-state index is 0.636. The van der Waals surface area contributed by atoms with Crippen molar-refractivity contribution in [2.75, 3.05) is 0 Å². The first-order valence-electron chi connectivity index (χ1n) is 4.05. The zero-order valence-electron chi connectivity index (χ0n) is 8.16. The van der Waals surface area contributed by atoms with Crippen LogP contribution >= 0.6 is 11.6 Å². The minimum atomic E-state index is -2.29. The van der Waals surface area contributed by atoms with Gasteiger partial charge in [0.25, 0.3) is 10.5 Å². The molecule has 0 N–H and O–H groups in total. The van der Waals surface area contributed by atoms with Crippen LogP contribution in [0.15, 0.2) is 12.4 Å².